The van der Waals surface area contributed by atoms with E-state index in [4.69, 9.17) is 4.74 Å². The van der Waals surface area contributed by atoms with Crippen LogP contribution in [0.15, 0.2) is 65.1 Å². The number of non-ortho nitro benzene ring substituents is 1. The minimum absolute atomic E-state index is 0.175. The number of nitro benzene ring substituents is 1. The van der Waals surface area contributed by atoms with Gasteiger partial charge in [0.15, 0.2) is 5.16 Å². The first-order valence-electron chi connectivity index (χ1n) is 10.1. The van der Waals surface area contributed by atoms with Crippen LogP contribution in [0.3, 0.4) is 0 Å². The second-order valence-corrected chi connectivity index (χ2v) is 8.54. The highest BCUT2D eigenvalue weighted by Crippen LogP contribution is 2.31. The van der Waals surface area contributed by atoms with Crippen LogP contribution in [0.25, 0.3) is 16.7 Å². The number of benzene rings is 2. The van der Waals surface area contributed by atoms with Gasteiger partial charge in [0.05, 0.1) is 33.9 Å². The summed E-state index contributed by atoms with van der Waals surface area (Å²) in [7, 11) is 1.41. The van der Waals surface area contributed by atoms with E-state index in [0.29, 0.717) is 27.6 Å². The molecule has 34 heavy (non-hydrogen) atoms. The van der Waals surface area contributed by atoms with Crippen LogP contribution in [0.5, 0.6) is 5.75 Å². The monoisotopic (exact) mass is 480 g/mol. The smallest absolute Gasteiger partial charge is 0.271 e. The van der Waals surface area contributed by atoms with Gasteiger partial charge >= 0.3 is 0 Å². The lowest BCUT2D eigenvalue weighted by molar-refractivity contribution is -0.384. The number of anilines is 1. The maximum atomic E-state index is 12.9. The fraction of sp³-hybridized carbons (Fsp3) is 0.182. The van der Waals surface area contributed by atoms with Gasteiger partial charge in [-0.05, 0) is 25.1 Å². The Kier molecular flexibility index (Phi) is 6.32. The number of methoxy groups -OCH3 is 1. The van der Waals surface area contributed by atoms with Crippen molar-refractivity contribution in [2.24, 2.45) is 0 Å². The van der Waals surface area contributed by atoms with E-state index in [2.05, 4.69) is 22.1 Å². The van der Waals surface area contributed by atoms with Crippen molar-refractivity contribution in [3.63, 3.8) is 0 Å². The SMILES string of the molecule is C=CCn1c(=O)c2ccccc2n2c(SC(C)C(=O)Nc3cc([N+](=O)[O-])ccc3OC)nnc12. The average molecular weight is 481 g/mol. The number of hydrogen-bond donors (Lipinski definition) is 1. The summed E-state index contributed by atoms with van der Waals surface area (Å²) in [6.45, 7) is 5.63. The molecule has 2 aromatic heterocycles. The molecule has 0 radical (unpaired) electrons. The molecule has 0 aliphatic carbocycles. The zero-order valence-electron chi connectivity index (χ0n) is 18.3. The van der Waals surface area contributed by atoms with E-state index < -0.39 is 16.1 Å². The molecule has 0 saturated carbocycles. The van der Waals surface area contributed by atoms with Crippen LogP contribution >= 0.6 is 11.8 Å². The number of hydrogen-bond acceptors (Lipinski definition) is 8. The normalized spacial score (nSPS) is 11.9. The fourth-order valence-electron chi connectivity index (χ4n) is 3.46. The van der Waals surface area contributed by atoms with Crippen molar-refractivity contribution in [3.8, 4) is 5.75 Å². The number of amides is 1. The highest BCUT2D eigenvalue weighted by molar-refractivity contribution is 8.00. The van der Waals surface area contributed by atoms with Crippen LogP contribution in [0.2, 0.25) is 0 Å². The van der Waals surface area contributed by atoms with Crippen LogP contribution in [-0.4, -0.2) is 42.4 Å². The number of thioether (sulfide) groups is 1. The quantitative estimate of drug-likeness (QED) is 0.176. The van der Waals surface area contributed by atoms with Crippen molar-refractivity contribution < 1.29 is 14.5 Å². The van der Waals surface area contributed by atoms with Gasteiger partial charge in [0.2, 0.25) is 11.7 Å². The van der Waals surface area contributed by atoms with E-state index >= 15 is 0 Å². The summed E-state index contributed by atoms with van der Waals surface area (Å²) in [4.78, 5) is 36.4. The minimum Gasteiger partial charge on any atom is -0.495 e. The summed E-state index contributed by atoms with van der Waals surface area (Å²) in [6.07, 6.45) is 1.60. The highest BCUT2D eigenvalue weighted by atomic mass is 32.2. The highest BCUT2D eigenvalue weighted by Gasteiger charge is 2.23. The van der Waals surface area contributed by atoms with E-state index in [1.165, 1.54) is 29.9 Å². The number of carbonyl (C=O) groups excluding carboxylic acids is 1. The summed E-state index contributed by atoms with van der Waals surface area (Å²) in [6, 6.07) is 11.0. The van der Waals surface area contributed by atoms with Gasteiger partial charge in [-0.15, -0.1) is 16.8 Å². The fourth-order valence-corrected chi connectivity index (χ4v) is 4.31. The van der Waals surface area contributed by atoms with Crippen LogP contribution in [0, 0.1) is 10.1 Å². The molecule has 0 aliphatic rings. The number of ether oxygens (including phenoxy) is 1. The van der Waals surface area contributed by atoms with Gasteiger partial charge in [-0.3, -0.25) is 28.7 Å². The molecule has 4 rings (SSSR count). The van der Waals surface area contributed by atoms with Gasteiger partial charge in [0.25, 0.3) is 11.2 Å². The Morgan fingerprint density at radius 1 is 1.32 bits per heavy atom. The third-order valence-corrected chi connectivity index (χ3v) is 6.14. The van der Waals surface area contributed by atoms with Crippen molar-refractivity contribution in [3.05, 3.63) is 75.6 Å². The molecule has 4 aromatic rings. The molecule has 0 spiro atoms. The second kappa shape index (κ2) is 9.35. The molecule has 2 aromatic carbocycles. The van der Waals surface area contributed by atoms with Gasteiger partial charge in [0.1, 0.15) is 5.75 Å². The van der Waals surface area contributed by atoms with Crippen molar-refractivity contribution >= 4 is 45.7 Å². The Bertz CT molecular complexity index is 1490. The Hall–Kier alpha value is -4.19. The number of nitrogens with one attached hydrogen (secondary N) is 1. The summed E-state index contributed by atoms with van der Waals surface area (Å²) < 4.78 is 8.40. The van der Waals surface area contributed by atoms with E-state index in [1.807, 2.05) is 0 Å². The summed E-state index contributed by atoms with van der Waals surface area (Å²) >= 11 is 1.14. The summed E-state index contributed by atoms with van der Waals surface area (Å²) in [5, 5.41) is 22.4. The predicted octanol–water partition coefficient (Wildman–Crippen LogP) is 3.27. The van der Waals surface area contributed by atoms with Gasteiger partial charge in [0, 0.05) is 18.7 Å². The zero-order chi connectivity index (χ0) is 24.4. The molecule has 0 bridgehead atoms. The molecule has 11 nitrogen and oxygen atoms in total. The zero-order valence-corrected chi connectivity index (χ0v) is 19.1. The number of fused-ring (bicyclic) bond motifs is 3. The van der Waals surface area contributed by atoms with Crippen molar-refractivity contribution in [1.29, 1.82) is 0 Å². The van der Waals surface area contributed by atoms with Crippen molar-refractivity contribution in [2.75, 3.05) is 12.4 Å². The molecule has 0 fully saturated rings. The molecular weight excluding hydrogens is 460 g/mol. The second-order valence-electron chi connectivity index (χ2n) is 7.23. The Morgan fingerprint density at radius 3 is 2.79 bits per heavy atom. The maximum absolute atomic E-state index is 12.9. The number of carbonyl (C=O) groups is 1. The predicted molar refractivity (Wildman–Crippen MR) is 129 cm³/mol. The number of nitrogens with zero attached hydrogens (tertiary/aromatic N) is 5. The lowest BCUT2D eigenvalue weighted by Crippen LogP contribution is -2.24. The Morgan fingerprint density at radius 2 is 2.09 bits per heavy atom. The van der Waals surface area contributed by atoms with Gasteiger partial charge in [-0.1, -0.05) is 30.0 Å². The van der Waals surface area contributed by atoms with Crippen LogP contribution in [-0.2, 0) is 11.3 Å². The molecule has 12 heteroatoms. The first-order chi connectivity index (χ1) is 16.3. The minimum atomic E-state index is -0.657. The third-order valence-electron chi connectivity index (χ3n) is 5.09. The standard InChI is InChI=1S/C22H20N6O5S/c1-4-11-26-20(30)15-7-5-6-8-17(15)27-21(26)24-25-22(27)34-13(2)19(29)23-16-12-14(28(31)32)9-10-18(16)33-3/h4-10,12-13H,1,11H2,2-3H3,(H,23,29). The number of allylic oxidation sites excluding steroid dienone is 1. The summed E-state index contributed by atoms with van der Waals surface area (Å²) in [5.74, 6) is 0.215. The molecule has 1 atom stereocenters. The first-order valence-corrected chi connectivity index (χ1v) is 11.0. The molecule has 0 saturated heterocycles. The maximum Gasteiger partial charge on any atom is 0.271 e. The van der Waals surface area contributed by atoms with Crippen LogP contribution in [0.1, 0.15) is 6.92 Å². The third kappa shape index (κ3) is 4.10. The topological polar surface area (TPSA) is 134 Å². The van der Waals surface area contributed by atoms with Crippen LogP contribution < -0.4 is 15.6 Å². The first kappa shape index (κ1) is 23.0. The molecule has 1 N–H and O–H groups in total. The molecule has 1 unspecified atom stereocenters. The van der Waals surface area contributed by atoms with Crippen molar-refractivity contribution in [2.45, 2.75) is 23.9 Å². The lowest BCUT2D eigenvalue weighted by Gasteiger charge is -2.14. The van der Waals surface area contributed by atoms with E-state index in [1.54, 1.807) is 41.7 Å². The number of para-hydroxylation sites is 1. The van der Waals surface area contributed by atoms with E-state index in [-0.39, 0.29) is 23.5 Å². The molecule has 1 amide bonds. The lowest BCUT2D eigenvalue weighted by atomic mass is 10.2. The Labute approximate surface area is 197 Å². The van der Waals surface area contributed by atoms with Gasteiger partial charge < -0.3 is 10.1 Å². The number of aromatic nitrogens is 4. The molecule has 2 heterocycles. The number of nitro groups is 1. The van der Waals surface area contributed by atoms with Crippen LogP contribution in [0.4, 0.5) is 11.4 Å². The molecular formula is C22H20N6O5S. The van der Waals surface area contributed by atoms with Gasteiger partial charge in [-0.25, -0.2) is 0 Å². The summed E-state index contributed by atoms with van der Waals surface area (Å²) in [5.41, 5.74) is 0.413. The van der Waals surface area contributed by atoms with Crippen molar-refractivity contribution in [1.82, 2.24) is 19.2 Å². The average Bonchev–Trinajstić information content (AvgIpc) is 3.25. The number of rotatable bonds is 8. The Balaban J connectivity index is 1.69. The largest absolute Gasteiger partial charge is 0.495 e. The van der Waals surface area contributed by atoms with E-state index in [0.717, 1.165) is 11.8 Å². The molecule has 174 valence electrons. The van der Waals surface area contributed by atoms with Gasteiger partial charge in [-0.2, -0.15) is 0 Å². The van der Waals surface area contributed by atoms with E-state index in [9.17, 15) is 19.7 Å². The molecule has 0 aliphatic heterocycles.